The van der Waals surface area contributed by atoms with Crippen molar-refractivity contribution in [1.82, 2.24) is 10.2 Å². The minimum Gasteiger partial charge on any atom is -0.295 e. The van der Waals surface area contributed by atoms with E-state index in [4.69, 9.17) is 0 Å². The second-order valence-corrected chi connectivity index (χ2v) is 9.66. The van der Waals surface area contributed by atoms with Gasteiger partial charge in [0.05, 0.1) is 0 Å². The molecule has 6 unspecified atom stereocenters. The molecule has 4 aliphatic carbocycles. The third-order valence-electron chi connectivity index (χ3n) is 8.86. The molecule has 1 aromatic heterocycles. The van der Waals surface area contributed by atoms with E-state index in [0.29, 0.717) is 22.5 Å². The lowest BCUT2D eigenvalue weighted by molar-refractivity contribution is -0.117. The predicted octanol–water partition coefficient (Wildman–Crippen LogP) is 5.03. The maximum atomic E-state index is 11.9. The van der Waals surface area contributed by atoms with Crippen LogP contribution in [0.15, 0.2) is 23.9 Å². The lowest BCUT2D eigenvalue weighted by atomic mass is 9.47. The van der Waals surface area contributed by atoms with Crippen molar-refractivity contribution in [2.45, 2.75) is 71.1 Å². The van der Waals surface area contributed by atoms with Gasteiger partial charge in [0.2, 0.25) is 0 Å². The number of allylic oxidation sites excluding steroid dienone is 1. The molecule has 25 heavy (non-hydrogen) atoms. The second kappa shape index (κ2) is 5.31. The van der Waals surface area contributed by atoms with Crippen molar-refractivity contribution < 1.29 is 4.79 Å². The number of fused-ring (bicyclic) bond motifs is 5. The van der Waals surface area contributed by atoms with E-state index in [9.17, 15) is 4.79 Å². The van der Waals surface area contributed by atoms with Gasteiger partial charge in [-0.2, -0.15) is 5.10 Å². The lowest BCUT2D eigenvalue weighted by Gasteiger charge is -2.58. The van der Waals surface area contributed by atoms with Gasteiger partial charge in [-0.1, -0.05) is 19.4 Å². The smallest absolute Gasteiger partial charge is 0.155 e. The number of nitrogens with zero attached hydrogens (tertiary/aromatic N) is 1. The summed E-state index contributed by atoms with van der Waals surface area (Å²) in [7, 11) is 0. The van der Waals surface area contributed by atoms with Crippen LogP contribution in [0, 0.1) is 28.6 Å². The fourth-order valence-corrected chi connectivity index (χ4v) is 7.53. The number of nitrogens with one attached hydrogen (secondary N) is 1. The number of carbonyl (C=O) groups is 1. The molecule has 0 saturated heterocycles. The van der Waals surface area contributed by atoms with Crippen molar-refractivity contribution in [3.05, 3.63) is 29.6 Å². The summed E-state index contributed by atoms with van der Waals surface area (Å²) in [5, 5.41) is 7.50. The Bertz CT molecular complexity index is 720. The summed E-state index contributed by atoms with van der Waals surface area (Å²) in [5.41, 5.74) is 3.56. The fraction of sp³-hybridized carbons (Fsp3) is 0.727. The Morgan fingerprint density at radius 1 is 1.08 bits per heavy atom. The normalized spacial score (nSPS) is 46.2. The summed E-state index contributed by atoms with van der Waals surface area (Å²) < 4.78 is 0. The average molecular weight is 338 g/mol. The lowest BCUT2D eigenvalue weighted by Crippen LogP contribution is -2.50. The van der Waals surface area contributed by atoms with Crippen LogP contribution in [0.25, 0.3) is 0 Å². The Labute approximate surface area is 150 Å². The van der Waals surface area contributed by atoms with E-state index in [-0.39, 0.29) is 0 Å². The highest BCUT2D eigenvalue weighted by Crippen LogP contribution is 2.68. The molecule has 0 spiro atoms. The zero-order valence-corrected chi connectivity index (χ0v) is 15.6. The fourth-order valence-electron chi connectivity index (χ4n) is 7.53. The van der Waals surface area contributed by atoms with Crippen molar-refractivity contribution >= 4 is 5.78 Å². The number of carbonyl (C=O) groups excluding carboxylic acids is 1. The van der Waals surface area contributed by atoms with Crippen LogP contribution in [0.3, 0.4) is 0 Å². The minimum absolute atomic E-state index is 0.296. The topological polar surface area (TPSA) is 45.8 Å². The predicted molar refractivity (Wildman–Crippen MR) is 98.0 cm³/mol. The molecule has 134 valence electrons. The monoisotopic (exact) mass is 338 g/mol. The molecule has 4 aliphatic rings. The molecule has 0 aromatic carbocycles. The summed E-state index contributed by atoms with van der Waals surface area (Å²) in [6.07, 6.45) is 13.6. The van der Waals surface area contributed by atoms with Crippen LogP contribution in [-0.4, -0.2) is 16.0 Å². The van der Waals surface area contributed by atoms with Gasteiger partial charge in [0.25, 0.3) is 0 Å². The van der Waals surface area contributed by atoms with Crippen molar-refractivity contribution in [2.75, 3.05) is 0 Å². The molecule has 3 saturated carbocycles. The van der Waals surface area contributed by atoms with Gasteiger partial charge < -0.3 is 0 Å². The first-order chi connectivity index (χ1) is 12.0. The number of H-pyrrole nitrogens is 1. The zero-order valence-electron chi connectivity index (χ0n) is 15.6. The number of hydrogen-bond acceptors (Lipinski definition) is 2. The van der Waals surface area contributed by atoms with Crippen molar-refractivity contribution in [2.24, 2.45) is 28.6 Å². The summed E-state index contributed by atoms with van der Waals surface area (Å²) in [6.45, 7) is 5.04. The number of aromatic amines is 1. The molecule has 1 N–H and O–H groups in total. The minimum atomic E-state index is 0.296. The van der Waals surface area contributed by atoms with E-state index in [1.165, 1.54) is 43.4 Å². The van der Waals surface area contributed by atoms with Crippen molar-refractivity contribution in [1.29, 1.82) is 0 Å². The Balaban J connectivity index is 1.48. The van der Waals surface area contributed by atoms with Crippen LogP contribution < -0.4 is 0 Å². The van der Waals surface area contributed by atoms with E-state index in [1.807, 2.05) is 12.3 Å². The zero-order chi connectivity index (χ0) is 17.2. The first-order valence-corrected chi connectivity index (χ1v) is 10.3. The molecule has 0 radical (unpaired) electrons. The van der Waals surface area contributed by atoms with Gasteiger partial charge in [-0.15, -0.1) is 0 Å². The van der Waals surface area contributed by atoms with Crippen LogP contribution >= 0.6 is 0 Å². The molecule has 3 nitrogen and oxygen atoms in total. The van der Waals surface area contributed by atoms with Crippen molar-refractivity contribution in [3.8, 4) is 0 Å². The van der Waals surface area contributed by atoms with Crippen molar-refractivity contribution in [3.63, 3.8) is 0 Å². The maximum absolute atomic E-state index is 11.9. The number of rotatable bonds is 1. The summed E-state index contributed by atoms with van der Waals surface area (Å²) in [5.74, 6) is 3.50. The third-order valence-corrected chi connectivity index (χ3v) is 8.86. The van der Waals surface area contributed by atoms with Crippen LogP contribution in [0.2, 0.25) is 0 Å². The molecule has 1 aromatic rings. The summed E-state index contributed by atoms with van der Waals surface area (Å²) >= 11 is 0. The third kappa shape index (κ3) is 2.10. The Kier molecular flexibility index (Phi) is 3.37. The highest BCUT2D eigenvalue weighted by Gasteiger charge is 2.59. The Morgan fingerprint density at radius 2 is 1.96 bits per heavy atom. The summed E-state index contributed by atoms with van der Waals surface area (Å²) in [4.78, 5) is 11.9. The van der Waals surface area contributed by atoms with Crippen LogP contribution in [0.4, 0.5) is 0 Å². The van der Waals surface area contributed by atoms with Gasteiger partial charge in [-0.25, -0.2) is 0 Å². The first kappa shape index (κ1) is 15.8. The number of ketones is 1. The standard InChI is InChI=1S/C22H30N2O/c1-21-10-7-15(25)13-14(21)3-4-16-17-5-6-19(20-9-12-23-24-20)22(17,2)11-8-18(16)21/h9,12-13,16-19H,3-8,10-11H2,1-2H3,(H,23,24). The van der Waals surface area contributed by atoms with Gasteiger partial charge in [-0.3, -0.25) is 9.89 Å². The van der Waals surface area contributed by atoms with Gasteiger partial charge >= 0.3 is 0 Å². The maximum Gasteiger partial charge on any atom is 0.155 e. The molecular formula is C22H30N2O. The number of hydrogen-bond donors (Lipinski definition) is 1. The molecule has 1 heterocycles. The van der Waals surface area contributed by atoms with Crippen LogP contribution in [0.1, 0.15) is 76.8 Å². The molecule has 0 amide bonds. The summed E-state index contributed by atoms with van der Waals surface area (Å²) in [6, 6.07) is 2.19. The van der Waals surface area contributed by atoms with Gasteiger partial charge in [-0.05, 0) is 85.7 Å². The van der Waals surface area contributed by atoms with Crippen LogP contribution in [0.5, 0.6) is 0 Å². The van der Waals surface area contributed by atoms with E-state index in [2.05, 4.69) is 30.1 Å². The molecular weight excluding hydrogens is 308 g/mol. The van der Waals surface area contributed by atoms with Crippen LogP contribution in [-0.2, 0) is 4.79 Å². The SMILES string of the molecule is CC12CCC(=O)C=C1CCC1C2CCC2(C)C(c3ccn[nH]3)CCC12. The Morgan fingerprint density at radius 3 is 2.76 bits per heavy atom. The molecule has 0 aliphatic heterocycles. The van der Waals surface area contributed by atoms with E-state index < -0.39 is 0 Å². The first-order valence-electron chi connectivity index (χ1n) is 10.3. The highest BCUT2D eigenvalue weighted by atomic mass is 16.1. The van der Waals surface area contributed by atoms with Gasteiger partial charge in [0.1, 0.15) is 0 Å². The average Bonchev–Trinajstić information content (AvgIpc) is 3.22. The second-order valence-electron chi connectivity index (χ2n) is 9.66. The van der Waals surface area contributed by atoms with E-state index in [1.54, 1.807) is 0 Å². The molecule has 3 heteroatoms. The molecule has 5 rings (SSSR count). The van der Waals surface area contributed by atoms with E-state index in [0.717, 1.165) is 37.0 Å². The Hall–Kier alpha value is -1.38. The largest absolute Gasteiger partial charge is 0.295 e. The molecule has 0 bridgehead atoms. The quantitative estimate of drug-likeness (QED) is 0.781. The van der Waals surface area contributed by atoms with Gasteiger partial charge in [0, 0.05) is 24.2 Å². The number of aromatic nitrogens is 2. The molecule has 6 atom stereocenters. The molecule has 3 fully saturated rings. The van der Waals surface area contributed by atoms with E-state index >= 15 is 0 Å². The van der Waals surface area contributed by atoms with Gasteiger partial charge in [0.15, 0.2) is 5.78 Å². The highest BCUT2D eigenvalue weighted by molar-refractivity contribution is 5.91.